The van der Waals surface area contributed by atoms with Crippen molar-refractivity contribution in [1.29, 1.82) is 0 Å². The van der Waals surface area contributed by atoms with E-state index in [1.165, 1.54) is 0 Å². The molecular formula is C14H23ClN4O2. The summed E-state index contributed by atoms with van der Waals surface area (Å²) in [6, 6.07) is -0.0884. The van der Waals surface area contributed by atoms with E-state index in [4.69, 9.17) is 10.3 Å². The third-order valence-electron chi connectivity index (χ3n) is 4.02. The number of carbonyl (C=O) groups is 1. The van der Waals surface area contributed by atoms with Crippen LogP contribution in [0.4, 0.5) is 0 Å². The molecule has 3 rings (SSSR count). The maximum Gasteiger partial charge on any atom is 0.229 e. The highest BCUT2D eigenvalue weighted by atomic mass is 35.5. The molecular weight excluding hydrogens is 292 g/mol. The minimum Gasteiger partial charge on any atom is -0.342 e. The number of rotatable bonds is 4. The second-order valence-electron chi connectivity index (χ2n) is 6.13. The van der Waals surface area contributed by atoms with Crippen LogP contribution in [0.1, 0.15) is 62.6 Å². The van der Waals surface area contributed by atoms with Gasteiger partial charge in [0, 0.05) is 37.4 Å². The van der Waals surface area contributed by atoms with Crippen LogP contribution in [0.15, 0.2) is 4.52 Å². The SMILES string of the molecule is CC(N)CC(=O)N1CCCC(c2noc(C3CC3)n2)C1.Cl. The number of likely N-dealkylation sites (tertiary alicyclic amines) is 1. The largest absolute Gasteiger partial charge is 0.342 e. The average molecular weight is 315 g/mol. The van der Waals surface area contributed by atoms with Crippen LogP contribution in [0, 0.1) is 0 Å². The lowest BCUT2D eigenvalue weighted by Crippen LogP contribution is -2.41. The first-order chi connectivity index (χ1) is 9.63. The summed E-state index contributed by atoms with van der Waals surface area (Å²) in [5.41, 5.74) is 5.70. The molecule has 2 heterocycles. The van der Waals surface area contributed by atoms with Gasteiger partial charge in [-0.3, -0.25) is 4.79 Å². The minimum atomic E-state index is -0.0884. The van der Waals surface area contributed by atoms with E-state index >= 15 is 0 Å². The van der Waals surface area contributed by atoms with Crippen molar-refractivity contribution >= 4 is 18.3 Å². The lowest BCUT2D eigenvalue weighted by Gasteiger charge is -2.31. The Hall–Kier alpha value is -1.14. The van der Waals surface area contributed by atoms with Gasteiger partial charge in [-0.15, -0.1) is 12.4 Å². The van der Waals surface area contributed by atoms with Crippen LogP contribution >= 0.6 is 12.4 Å². The molecule has 21 heavy (non-hydrogen) atoms. The molecule has 7 heteroatoms. The van der Waals surface area contributed by atoms with Crippen LogP contribution in [0.25, 0.3) is 0 Å². The fraction of sp³-hybridized carbons (Fsp3) is 0.786. The highest BCUT2D eigenvalue weighted by Crippen LogP contribution is 2.39. The van der Waals surface area contributed by atoms with Crippen molar-refractivity contribution in [3.8, 4) is 0 Å². The lowest BCUT2D eigenvalue weighted by atomic mass is 9.97. The molecule has 1 amide bonds. The zero-order valence-electron chi connectivity index (χ0n) is 12.3. The summed E-state index contributed by atoms with van der Waals surface area (Å²) >= 11 is 0. The predicted molar refractivity (Wildman–Crippen MR) is 80.3 cm³/mol. The fourth-order valence-corrected chi connectivity index (χ4v) is 2.73. The molecule has 2 N–H and O–H groups in total. The molecule has 1 aliphatic heterocycles. The lowest BCUT2D eigenvalue weighted by molar-refractivity contribution is -0.132. The number of aromatic nitrogens is 2. The van der Waals surface area contributed by atoms with Crippen LogP contribution < -0.4 is 5.73 Å². The van der Waals surface area contributed by atoms with Crippen molar-refractivity contribution in [2.45, 2.75) is 56.9 Å². The summed E-state index contributed by atoms with van der Waals surface area (Å²) < 4.78 is 5.32. The Balaban J connectivity index is 0.00000161. The van der Waals surface area contributed by atoms with Gasteiger partial charge in [-0.1, -0.05) is 5.16 Å². The van der Waals surface area contributed by atoms with E-state index in [2.05, 4.69) is 10.1 Å². The molecule has 1 aromatic rings. The normalized spacial score (nSPS) is 23.5. The molecule has 1 saturated carbocycles. The van der Waals surface area contributed by atoms with Gasteiger partial charge in [0.1, 0.15) is 0 Å². The molecule has 6 nitrogen and oxygen atoms in total. The summed E-state index contributed by atoms with van der Waals surface area (Å²) in [6.45, 7) is 3.37. The van der Waals surface area contributed by atoms with E-state index in [1.54, 1.807) is 0 Å². The topological polar surface area (TPSA) is 85.3 Å². The van der Waals surface area contributed by atoms with Crippen molar-refractivity contribution < 1.29 is 9.32 Å². The fourth-order valence-electron chi connectivity index (χ4n) is 2.73. The Morgan fingerprint density at radius 3 is 2.86 bits per heavy atom. The monoisotopic (exact) mass is 314 g/mol. The van der Waals surface area contributed by atoms with E-state index in [0.29, 0.717) is 18.9 Å². The Labute approximate surface area is 130 Å². The van der Waals surface area contributed by atoms with Gasteiger partial charge in [-0.25, -0.2) is 0 Å². The highest BCUT2D eigenvalue weighted by molar-refractivity contribution is 5.85. The second-order valence-corrected chi connectivity index (χ2v) is 6.13. The predicted octanol–water partition coefficient (Wildman–Crippen LogP) is 1.81. The summed E-state index contributed by atoms with van der Waals surface area (Å²) in [4.78, 5) is 18.5. The number of piperidine rings is 1. The molecule has 2 atom stereocenters. The van der Waals surface area contributed by atoms with E-state index in [0.717, 1.165) is 43.9 Å². The van der Waals surface area contributed by atoms with Crippen molar-refractivity contribution in [3.63, 3.8) is 0 Å². The van der Waals surface area contributed by atoms with Crippen LogP contribution in [-0.2, 0) is 4.79 Å². The molecule has 0 aromatic carbocycles. The van der Waals surface area contributed by atoms with Crippen molar-refractivity contribution in [2.24, 2.45) is 5.73 Å². The van der Waals surface area contributed by atoms with Gasteiger partial charge in [-0.05, 0) is 32.6 Å². The third kappa shape index (κ3) is 3.95. The van der Waals surface area contributed by atoms with Crippen LogP contribution in [0.5, 0.6) is 0 Å². The molecule has 1 aliphatic carbocycles. The molecule has 0 bridgehead atoms. The number of nitrogens with two attached hydrogens (primary N) is 1. The van der Waals surface area contributed by atoms with Crippen molar-refractivity contribution in [2.75, 3.05) is 13.1 Å². The molecule has 1 saturated heterocycles. The summed E-state index contributed by atoms with van der Waals surface area (Å²) in [5, 5.41) is 4.11. The highest BCUT2D eigenvalue weighted by Gasteiger charge is 2.32. The molecule has 118 valence electrons. The minimum absolute atomic E-state index is 0. The molecule has 0 radical (unpaired) electrons. The summed E-state index contributed by atoms with van der Waals surface area (Å²) in [5.74, 6) is 2.37. The third-order valence-corrected chi connectivity index (χ3v) is 4.02. The first-order valence-electron chi connectivity index (χ1n) is 7.50. The summed E-state index contributed by atoms with van der Waals surface area (Å²) in [6.07, 6.45) is 4.73. The van der Waals surface area contributed by atoms with Gasteiger partial charge in [0.25, 0.3) is 0 Å². The number of amides is 1. The van der Waals surface area contributed by atoms with Gasteiger partial charge < -0.3 is 15.2 Å². The maximum atomic E-state index is 12.1. The first-order valence-corrected chi connectivity index (χ1v) is 7.50. The van der Waals surface area contributed by atoms with Gasteiger partial charge in [0.15, 0.2) is 5.82 Å². The Bertz CT molecular complexity index is 487. The van der Waals surface area contributed by atoms with E-state index in [1.807, 2.05) is 11.8 Å². The van der Waals surface area contributed by atoms with E-state index in [9.17, 15) is 4.79 Å². The van der Waals surface area contributed by atoms with E-state index in [-0.39, 0.29) is 30.3 Å². The number of hydrogen-bond acceptors (Lipinski definition) is 5. The first kappa shape index (κ1) is 16.2. The van der Waals surface area contributed by atoms with Crippen molar-refractivity contribution in [3.05, 3.63) is 11.7 Å². The van der Waals surface area contributed by atoms with Crippen LogP contribution in [-0.4, -0.2) is 40.1 Å². The van der Waals surface area contributed by atoms with E-state index < -0.39 is 0 Å². The average Bonchev–Trinajstić information content (AvgIpc) is 3.16. The van der Waals surface area contributed by atoms with Gasteiger partial charge in [0.05, 0.1) is 0 Å². The maximum absolute atomic E-state index is 12.1. The smallest absolute Gasteiger partial charge is 0.229 e. The number of hydrogen-bond donors (Lipinski definition) is 1. The zero-order chi connectivity index (χ0) is 14.1. The van der Waals surface area contributed by atoms with Gasteiger partial charge >= 0.3 is 0 Å². The van der Waals surface area contributed by atoms with Crippen LogP contribution in [0.3, 0.4) is 0 Å². The Morgan fingerprint density at radius 1 is 1.43 bits per heavy atom. The molecule has 2 fully saturated rings. The van der Waals surface area contributed by atoms with Gasteiger partial charge in [0.2, 0.25) is 11.8 Å². The van der Waals surface area contributed by atoms with Crippen LogP contribution in [0.2, 0.25) is 0 Å². The van der Waals surface area contributed by atoms with Gasteiger partial charge in [-0.2, -0.15) is 4.98 Å². The Morgan fingerprint density at radius 2 is 2.19 bits per heavy atom. The number of nitrogens with zero attached hydrogens (tertiary/aromatic N) is 3. The molecule has 1 aromatic heterocycles. The second kappa shape index (κ2) is 6.75. The zero-order valence-corrected chi connectivity index (χ0v) is 13.1. The van der Waals surface area contributed by atoms with Crippen molar-refractivity contribution in [1.82, 2.24) is 15.0 Å². The molecule has 2 unspecified atom stereocenters. The number of carbonyl (C=O) groups excluding carboxylic acids is 1. The number of halogens is 1. The summed E-state index contributed by atoms with van der Waals surface area (Å²) in [7, 11) is 0. The quantitative estimate of drug-likeness (QED) is 0.916. The molecule has 0 spiro atoms. The Kier molecular flexibility index (Phi) is 5.22. The standard InChI is InChI=1S/C14H22N4O2.ClH/c1-9(15)7-12(19)18-6-2-3-11(8-18)13-16-14(20-17-13)10-4-5-10;/h9-11H,2-8,15H2,1H3;1H. The molecule has 2 aliphatic rings.